The van der Waals surface area contributed by atoms with Gasteiger partial charge in [0.1, 0.15) is 0 Å². The van der Waals surface area contributed by atoms with Crippen LogP contribution in [0, 0.1) is 0 Å². The summed E-state index contributed by atoms with van der Waals surface area (Å²) in [5.74, 6) is 0.136. The van der Waals surface area contributed by atoms with Crippen molar-refractivity contribution in [3.63, 3.8) is 0 Å². The number of benzene rings is 1. The van der Waals surface area contributed by atoms with E-state index in [1.54, 1.807) is 11.3 Å². The number of carbonyl (C=O) groups is 1. The first kappa shape index (κ1) is 18.1. The largest absolute Gasteiger partial charge is 0.350 e. The molecule has 4 nitrogen and oxygen atoms in total. The van der Waals surface area contributed by atoms with Gasteiger partial charge in [0.2, 0.25) is 5.91 Å². The highest BCUT2D eigenvalue weighted by atomic mass is 32.1. The molecule has 3 rings (SSSR count). The second-order valence-electron chi connectivity index (χ2n) is 6.70. The van der Waals surface area contributed by atoms with Crippen molar-refractivity contribution < 1.29 is 4.79 Å². The fraction of sp³-hybridized carbons (Fsp3) is 0.450. The fourth-order valence-corrected chi connectivity index (χ4v) is 3.87. The van der Waals surface area contributed by atoms with Crippen molar-refractivity contribution in [1.82, 2.24) is 15.1 Å². The summed E-state index contributed by atoms with van der Waals surface area (Å²) in [6.07, 6.45) is 0.571. The maximum absolute atomic E-state index is 12.2. The topological polar surface area (TPSA) is 35.6 Å². The van der Waals surface area contributed by atoms with Crippen LogP contribution in [-0.4, -0.2) is 48.4 Å². The Bertz CT molecular complexity index is 636. The van der Waals surface area contributed by atoms with Crippen LogP contribution >= 0.6 is 11.3 Å². The van der Waals surface area contributed by atoms with Gasteiger partial charge in [0.25, 0.3) is 0 Å². The monoisotopic (exact) mass is 357 g/mol. The molecular weight excluding hydrogens is 330 g/mol. The average Bonchev–Trinajstić information content (AvgIpc) is 3.15. The van der Waals surface area contributed by atoms with E-state index in [2.05, 4.69) is 44.1 Å². The number of rotatable bonds is 7. The molecule has 1 aromatic heterocycles. The maximum Gasteiger partial charge on any atom is 0.221 e. The summed E-state index contributed by atoms with van der Waals surface area (Å²) in [6.45, 7) is 8.19. The van der Waals surface area contributed by atoms with E-state index in [0.717, 1.165) is 44.8 Å². The standard InChI is InChI=1S/C20H27N3OS/c1-17(19-5-3-2-4-6-19)21-20(24)7-9-22-10-12-23(13-11-22)15-18-8-14-25-16-18/h2-6,8,14,16-17H,7,9-13,15H2,1H3,(H,21,24)/t17-/m1/s1. The lowest BCUT2D eigenvalue weighted by Crippen LogP contribution is -2.46. The predicted molar refractivity (Wildman–Crippen MR) is 104 cm³/mol. The summed E-state index contributed by atoms with van der Waals surface area (Å²) in [7, 11) is 0. The first-order valence-corrected chi connectivity index (χ1v) is 9.95. The highest BCUT2D eigenvalue weighted by Crippen LogP contribution is 2.13. The fourth-order valence-electron chi connectivity index (χ4n) is 3.21. The predicted octanol–water partition coefficient (Wildman–Crippen LogP) is 3.13. The van der Waals surface area contributed by atoms with Crippen molar-refractivity contribution in [3.8, 4) is 0 Å². The molecule has 1 aliphatic heterocycles. The minimum atomic E-state index is 0.0659. The van der Waals surface area contributed by atoms with Crippen LogP contribution in [0.2, 0.25) is 0 Å². The van der Waals surface area contributed by atoms with E-state index < -0.39 is 0 Å². The Balaban J connectivity index is 1.34. The molecule has 0 unspecified atom stereocenters. The van der Waals surface area contributed by atoms with Gasteiger partial charge in [-0.3, -0.25) is 9.69 Å². The third-order valence-electron chi connectivity index (χ3n) is 4.78. The molecule has 1 aromatic carbocycles. The van der Waals surface area contributed by atoms with Gasteiger partial charge in [-0.1, -0.05) is 30.3 Å². The maximum atomic E-state index is 12.2. The normalized spacial score (nSPS) is 17.3. The summed E-state index contributed by atoms with van der Waals surface area (Å²) < 4.78 is 0. The molecule has 0 radical (unpaired) electrons. The lowest BCUT2D eigenvalue weighted by Gasteiger charge is -2.34. The van der Waals surface area contributed by atoms with Crippen molar-refractivity contribution in [2.75, 3.05) is 32.7 Å². The van der Waals surface area contributed by atoms with Crippen LogP contribution in [-0.2, 0) is 11.3 Å². The number of nitrogens with zero attached hydrogens (tertiary/aromatic N) is 2. The molecule has 1 fully saturated rings. The van der Waals surface area contributed by atoms with Gasteiger partial charge in [0.15, 0.2) is 0 Å². The summed E-state index contributed by atoms with van der Waals surface area (Å²) in [6, 6.07) is 12.4. The van der Waals surface area contributed by atoms with Crippen molar-refractivity contribution in [2.45, 2.75) is 25.9 Å². The van der Waals surface area contributed by atoms with Crippen LogP contribution in [0.4, 0.5) is 0 Å². The minimum Gasteiger partial charge on any atom is -0.350 e. The molecule has 134 valence electrons. The van der Waals surface area contributed by atoms with Gasteiger partial charge in [0.05, 0.1) is 6.04 Å². The van der Waals surface area contributed by atoms with Gasteiger partial charge in [-0.05, 0) is 34.9 Å². The molecule has 0 saturated carbocycles. The Morgan fingerprint density at radius 3 is 2.52 bits per heavy atom. The zero-order chi connectivity index (χ0) is 17.5. The minimum absolute atomic E-state index is 0.0659. The molecule has 0 spiro atoms. The molecule has 25 heavy (non-hydrogen) atoms. The molecule has 2 heterocycles. The molecule has 2 aromatic rings. The molecule has 1 aliphatic rings. The zero-order valence-electron chi connectivity index (χ0n) is 14.9. The lowest BCUT2D eigenvalue weighted by atomic mass is 10.1. The van der Waals surface area contributed by atoms with E-state index in [0.29, 0.717) is 6.42 Å². The molecule has 5 heteroatoms. The molecule has 1 N–H and O–H groups in total. The molecule has 0 bridgehead atoms. The Hall–Kier alpha value is -1.69. The Labute approximate surface area is 154 Å². The van der Waals surface area contributed by atoms with Crippen LogP contribution in [0.5, 0.6) is 0 Å². The van der Waals surface area contributed by atoms with E-state index in [1.807, 2.05) is 25.1 Å². The Morgan fingerprint density at radius 2 is 1.84 bits per heavy atom. The van der Waals surface area contributed by atoms with E-state index in [1.165, 1.54) is 5.56 Å². The van der Waals surface area contributed by atoms with Crippen LogP contribution in [0.3, 0.4) is 0 Å². The van der Waals surface area contributed by atoms with E-state index in [9.17, 15) is 4.79 Å². The number of carbonyl (C=O) groups excluding carboxylic acids is 1. The quantitative estimate of drug-likeness (QED) is 0.827. The Kier molecular flexibility index (Phi) is 6.62. The summed E-state index contributed by atoms with van der Waals surface area (Å²) in [5, 5.41) is 7.47. The number of thiophene rings is 1. The third-order valence-corrected chi connectivity index (χ3v) is 5.52. The number of amides is 1. The summed E-state index contributed by atoms with van der Waals surface area (Å²) in [5.41, 5.74) is 2.56. The van der Waals surface area contributed by atoms with Gasteiger partial charge < -0.3 is 10.2 Å². The van der Waals surface area contributed by atoms with E-state index >= 15 is 0 Å². The number of hydrogen-bond donors (Lipinski definition) is 1. The lowest BCUT2D eigenvalue weighted by molar-refractivity contribution is -0.122. The third kappa shape index (κ3) is 5.66. The Morgan fingerprint density at radius 1 is 1.12 bits per heavy atom. The number of nitrogens with one attached hydrogen (secondary N) is 1. The van der Waals surface area contributed by atoms with Gasteiger partial charge in [-0.2, -0.15) is 11.3 Å². The van der Waals surface area contributed by atoms with Crippen LogP contribution in [0.1, 0.15) is 30.5 Å². The molecule has 1 saturated heterocycles. The average molecular weight is 358 g/mol. The first-order chi connectivity index (χ1) is 12.2. The second-order valence-corrected chi connectivity index (χ2v) is 7.48. The highest BCUT2D eigenvalue weighted by molar-refractivity contribution is 7.07. The first-order valence-electron chi connectivity index (χ1n) is 9.01. The summed E-state index contributed by atoms with van der Waals surface area (Å²) in [4.78, 5) is 17.1. The van der Waals surface area contributed by atoms with E-state index in [-0.39, 0.29) is 11.9 Å². The smallest absolute Gasteiger partial charge is 0.221 e. The summed E-state index contributed by atoms with van der Waals surface area (Å²) >= 11 is 1.76. The van der Waals surface area contributed by atoms with Crippen molar-refractivity contribution in [1.29, 1.82) is 0 Å². The SMILES string of the molecule is C[C@@H](NC(=O)CCN1CCN(Cc2ccsc2)CC1)c1ccccc1. The zero-order valence-corrected chi connectivity index (χ0v) is 15.7. The van der Waals surface area contributed by atoms with Crippen LogP contribution in [0.15, 0.2) is 47.2 Å². The molecular formula is C20H27N3OS. The van der Waals surface area contributed by atoms with Crippen molar-refractivity contribution >= 4 is 17.2 Å². The second kappa shape index (κ2) is 9.13. The van der Waals surface area contributed by atoms with Gasteiger partial charge >= 0.3 is 0 Å². The van der Waals surface area contributed by atoms with E-state index in [4.69, 9.17) is 0 Å². The number of piperazine rings is 1. The van der Waals surface area contributed by atoms with Crippen molar-refractivity contribution in [3.05, 3.63) is 58.3 Å². The molecule has 0 aliphatic carbocycles. The molecule has 1 atom stereocenters. The van der Waals surface area contributed by atoms with Crippen LogP contribution in [0.25, 0.3) is 0 Å². The van der Waals surface area contributed by atoms with Gasteiger partial charge in [0, 0.05) is 45.7 Å². The van der Waals surface area contributed by atoms with Gasteiger partial charge in [-0.15, -0.1) is 0 Å². The van der Waals surface area contributed by atoms with Crippen molar-refractivity contribution in [2.24, 2.45) is 0 Å². The van der Waals surface area contributed by atoms with Crippen LogP contribution < -0.4 is 5.32 Å². The highest BCUT2D eigenvalue weighted by Gasteiger charge is 2.18. The molecule has 1 amide bonds. The number of hydrogen-bond acceptors (Lipinski definition) is 4. The van der Waals surface area contributed by atoms with Gasteiger partial charge in [-0.25, -0.2) is 0 Å².